The fourth-order valence-corrected chi connectivity index (χ4v) is 4.26. The maximum absolute atomic E-state index is 4.66. The smallest absolute Gasteiger partial charge is 0.141 e. The molecule has 4 nitrogen and oxygen atoms in total. The predicted molar refractivity (Wildman–Crippen MR) is 90.4 cm³/mol. The topological polar surface area (TPSA) is 41.0 Å². The molecule has 114 valence electrons. The lowest BCUT2D eigenvalue weighted by atomic mass is 9.98. The standard InChI is InChI=1S/C16H24N4S/c1-11-12(2)21-16-14(11)15(18-10-19-16)20-9-5-4-6-13(20)7-8-17-3/h10,13,17H,4-9H2,1-3H3. The van der Waals surface area contributed by atoms with Crippen LogP contribution in [0.1, 0.15) is 36.1 Å². The Bertz CT molecular complexity index is 622. The first kappa shape index (κ1) is 14.7. The van der Waals surface area contributed by atoms with Crippen LogP contribution in [0.25, 0.3) is 10.2 Å². The van der Waals surface area contributed by atoms with Gasteiger partial charge in [-0.2, -0.15) is 0 Å². The Balaban J connectivity index is 2.01. The third kappa shape index (κ3) is 2.77. The van der Waals surface area contributed by atoms with Gasteiger partial charge < -0.3 is 10.2 Å². The van der Waals surface area contributed by atoms with Gasteiger partial charge in [0.2, 0.25) is 0 Å². The Kier molecular flexibility index (Phi) is 4.40. The van der Waals surface area contributed by atoms with Crippen molar-refractivity contribution in [1.29, 1.82) is 0 Å². The first-order chi connectivity index (χ1) is 10.2. The fraction of sp³-hybridized carbons (Fsp3) is 0.625. The van der Waals surface area contributed by atoms with E-state index in [2.05, 4.69) is 34.0 Å². The van der Waals surface area contributed by atoms with Crippen LogP contribution in [0.4, 0.5) is 5.82 Å². The van der Waals surface area contributed by atoms with Gasteiger partial charge in [0.05, 0.1) is 5.39 Å². The van der Waals surface area contributed by atoms with E-state index in [1.165, 1.54) is 41.5 Å². The lowest BCUT2D eigenvalue weighted by Gasteiger charge is -2.37. The van der Waals surface area contributed by atoms with E-state index >= 15 is 0 Å². The fourth-order valence-electron chi connectivity index (χ4n) is 3.27. The highest BCUT2D eigenvalue weighted by atomic mass is 32.1. The van der Waals surface area contributed by atoms with Crippen molar-refractivity contribution in [2.24, 2.45) is 0 Å². The molecule has 1 unspecified atom stereocenters. The summed E-state index contributed by atoms with van der Waals surface area (Å²) < 4.78 is 0. The van der Waals surface area contributed by atoms with Gasteiger partial charge in [0, 0.05) is 17.5 Å². The summed E-state index contributed by atoms with van der Waals surface area (Å²) >= 11 is 1.79. The number of nitrogens with zero attached hydrogens (tertiary/aromatic N) is 3. The summed E-state index contributed by atoms with van der Waals surface area (Å²) in [6.07, 6.45) is 6.79. The second kappa shape index (κ2) is 6.28. The summed E-state index contributed by atoms with van der Waals surface area (Å²) in [7, 11) is 2.03. The lowest BCUT2D eigenvalue weighted by Crippen LogP contribution is -2.41. The summed E-state index contributed by atoms with van der Waals surface area (Å²) in [4.78, 5) is 14.2. The Labute approximate surface area is 130 Å². The van der Waals surface area contributed by atoms with Gasteiger partial charge in [-0.1, -0.05) is 0 Å². The molecule has 2 aromatic rings. The molecule has 5 heteroatoms. The van der Waals surface area contributed by atoms with E-state index < -0.39 is 0 Å². The first-order valence-corrected chi connectivity index (χ1v) is 8.66. The zero-order valence-corrected chi connectivity index (χ0v) is 14.0. The second-order valence-electron chi connectivity index (χ2n) is 5.90. The van der Waals surface area contributed by atoms with Gasteiger partial charge >= 0.3 is 0 Å². The normalized spacial score (nSPS) is 19.4. The third-order valence-corrected chi connectivity index (χ3v) is 5.69. The van der Waals surface area contributed by atoms with Gasteiger partial charge in [0.25, 0.3) is 0 Å². The van der Waals surface area contributed by atoms with Crippen molar-refractivity contribution in [3.05, 3.63) is 16.8 Å². The largest absolute Gasteiger partial charge is 0.353 e. The highest BCUT2D eigenvalue weighted by molar-refractivity contribution is 7.18. The highest BCUT2D eigenvalue weighted by Gasteiger charge is 2.26. The van der Waals surface area contributed by atoms with E-state index in [1.807, 2.05) is 7.05 Å². The SMILES string of the molecule is CNCCC1CCCCN1c1ncnc2sc(C)c(C)c12. The predicted octanol–water partition coefficient (Wildman–Crippen LogP) is 3.28. The van der Waals surface area contributed by atoms with Crippen LogP contribution in [-0.4, -0.2) is 36.1 Å². The van der Waals surface area contributed by atoms with Crippen molar-refractivity contribution >= 4 is 27.4 Å². The van der Waals surface area contributed by atoms with Gasteiger partial charge in [0.15, 0.2) is 0 Å². The number of rotatable bonds is 4. The summed E-state index contributed by atoms with van der Waals surface area (Å²) in [6.45, 7) is 6.57. The summed E-state index contributed by atoms with van der Waals surface area (Å²) in [5.74, 6) is 1.16. The number of piperidine rings is 1. The average molecular weight is 304 g/mol. The first-order valence-electron chi connectivity index (χ1n) is 7.84. The molecule has 0 aromatic carbocycles. The molecule has 1 saturated heterocycles. The molecule has 3 rings (SSSR count). The van der Waals surface area contributed by atoms with Crippen LogP contribution in [-0.2, 0) is 0 Å². The minimum Gasteiger partial charge on any atom is -0.353 e. The van der Waals surface area contributed by atoms with Gasteiger partial charge in [-0.15, -0.1) is 11.3 Å². The van der Waals surface area contributed by atoms with Crippen LogP contribution in [0.3, 0.4) is 0 Å². The van der Waals surface area contributed by atoms with Crippen molar-refractivity contribution in [2.45, 2.75) is 45.6 Å². The number of anilines is 1. The van der Waals surface area contributed by atoms with E-state index in [1.54, 1.807) is 17.7 Å². The minimum absolute atomic E-state index is 0.601. The summed E-state index contributed by atoms with van der Waals surface area (Å²) in [5, 5.41) is 4.56. The molecule has 1 fully saturated rings. The molecule has 21 heavy (non-hydrogen) atoms. The van der Waals surface area contributed by atoms with Crippen LogP contribution in [0.2, 0.25) is 0 Å². The van der Waals surface area contributed by atoms with Crippen molar-refractivity contribution in [1.82, 2.24) is 15.3 Å². The monoisotopic (exact) mass is 304 g/mol. The lowest BCUT2D eigenvalue weighted by molar-refractivity contribution is 0.431. The van der Waals surface area contributed by atoms with Crippen molar-refractivity contribution in [3.63, 3.8) is 0 Å². The zero-order chi connectivity index (χ0) is 14.8. The quantitative estimate of drug-likeness (QED) is 0.941. The van der Waals surface area contributed by atoms with E-state index in [0.717, 1.165) is 23.7 Å². The van der Waals surface area contributed by atoms with E-state index in [-0.39, 0.29) is 0 Å². The minimum atomic E-state index is 0.601. The van der Waals surface area contributed by atoms with Crippen LogP contribution < -0.4 is 10.2 Å². The van der Waals surface area contributed by atoms with Crippen LogP contribution in [0.5, 0.6) is 0 Å². The molecule has 0 radical (unpaired) electrons. The number of aromatic nitrogens is 2. The molecule has 1 aliphatic rings. The second-order valence-corrected chi connectivity index (χ2v) is 7.10. The number of fused-ring (bicyclic) bond motifs is 1. The Hall–Kier alpha value is -1.20. The Morgan fingerprint density at radius 3 is 3.00 bits per heavy atom. The molecule has 1 atom stereocenters. The van der Waals surface area contributed by atoms with E-state index in [0.29, 0.717) is 6.04 Å². The molecular formula is C16H24N4S. The zero-order valence-electron chi connectivity index (χ0n) is 13.1. The number of hydrogen-bond acceptors (Lipinski definition) is 5. The molecule has 0 amide bonds. The highest BCUT2D eigenvalue weighted by Crippen LogP contribution is 2.36. The van der Waals surface area contributed by atoms with Crippen LogP contribution >= 0.6 is 11.3 Å². The molecule has 0 bridgehead atoms. The maximum atomic E-state index is 4.66. The third-order valence-electron chi connectivity index (χ3n) is 4.57. The number of thiophene rings is 1. The molecule has 1 N–H and O–H groups in total. The average Bonchev–Trinajstić information content (AvgIpc) is 2.80. The Morgan fingerprint density at radius 2 is 2.19 bits per heavy atom. The van der Waals surface area contributed by atoms with Gasteiger partial charge in [-0.25, -0.2) is 9.97 Å². The molecule has 3 heterocycles. The van der Waals surface area contributed by atoms with Crippen LogP contribution in [0.15, 0.2) is 6.33 Å². The Morgan fingerprint density at radius 1 is 1.33 bits per heavy atom. The molecule has 1 aliphatic heterocycles. The molecule has 0 spiro atoms. The molecular weight excluding hydrogens is 280 g/mol. The van der Waals surface area contributed by atoms with Crippen molar-refractivity contribution < 1.29 is 0 Å². The summed E-state index contributed by atoms with van der Waals surface area (Å²) in [5.41, 5.74) is 1.35. The number of nitrogens with one attached hydrogen (secondary N) is 1. The number of aryl methyl sites for hydroxylation is 2. The molecule has 0 saturated carbocycles. The van der Waals surface area contributed by atoms with Crippen LogP contribution in [0, 0.1) is 13.8 Å². The van der Waals surface area contributed by atoms with Crippen molar-refractivity contribution in [2.75, 3.05) is 25.0 Å². The molecule has 2 aromatic heterocycles. The molecule has 0 aliphatic carbocycles. The van der Waals surface area contributed by atoms with Gasteiger partial charge in [-0.05, 0) is 58.7 Å². The van der Waals surface area contributed by atoms with Gasteiger partial charge in [-0.3, -0.25) is 0 Å². The van der Waals surface area contributed by atoms with Gasteiger partial charge in [0.1, 0.15) is 17.0 Å². The summed E-state index contributed by atoms with van der Waals surface area (Å²) in [6, 6.07) is 0.601. The van der Waals surface area contributed by atoms with E-state index in [9.17, 15) is 0 Å². The maximum Gasteiger partial charge on any atom is 0.141 e. The van der Waals surface area contributed by atoms with Crippen molar-refractivity contribution in [3.8, 4) is 0 Å². The van der Waals surface area contributed by atoms with E-state index in [4.69, 9.17) is 0 Å². The number of hydrogen-bond donors (Lipinski definition) is 1.